The highest BCUT2D eigenvalue weighted by Gasteiger charge is 2.44. The van der Waals surface area contributed by atoms with Gasteiger partial charge in [-0.3, -0.25) is 4.79 Å². The zero-order valence-corrected chi connectivity index (χ0v) is 12.8. The van der Waals surface area contributed by atoms with Gasteiger partial charge >= 0.3 is 0 Å². The molecule has 3 atom stereocenters. The van der Waals surface area contributed by atoms with E-state index in [0.717, 1.165) is 19.4 Å². The highest BCUT2D eigenvalue weighted by molar-refractivity contribution is 5.76. The molecule has 0 aromatic heterocycles. The van der Waals surface area contributed by atoms with Gasteiger partial charge in [0.25, 0.3) is 0 Å². The van der Waals surface area contributed by atoms with Gasteiger partial charge in [-0.2, -0.15) is 0 Å². The van der Waals surface area contributed by atoms with Crippen LogP contribution >= 0.6 is 0 Å². The molecule has 0 N–H and O–H groups in total. The third-order valence-corrected chi connectivity index (χ3v) is 4.20. The van der Waals surface area contributed by atoms with Crippen LogP contribution in [0.3, 0.4) is 0 Å². The van der Waals surface area contributed by atoms with Crippen LogP contribution in [0.5, 0.6) is 0 Å². The summed E-state index contributed by atoms with van der Waals surface area (Å²) in [6, 6.07) is 0.230. The molecule has 116 valence electrons. The minimum atomic E-state index is 0.147. The van der Waals surface area contributed by atoms with Crippen LogP contribution in [0.2, 0.25) is 0 Å². The van der Waals surface area contributed by atoms with Crippen LogP contribution < -0.4 is 0 Å². The van der Waals surface area contributed by atoms with Crippen LogP contribution in [0.4, 0.5) is 0 Å². The number of fused-ring (bicyclic) bond motifs is 1. The molecule has 1 heterocycles. The normalized spacial score (nSPS) is 29.8. The van der Waals surface area contributed by atoms with Crippen LogP contribution in [0.25, 0.3) is 0 Å². The summed E-state index contributed by atoms with van der Waals surface area (Å²) in [6.07, 6.45) is 2.96. The molecule has 5 nitrogen and oxygen atoms in total. The SMILES string of the molecule is COCCC(=O)N1CCO[C@@H]2[C@H](COC(C)C)CC[C@H]21. The topological polar surface area (TPSA) is 48.0 Å². The second-order valence-electron chi connectivity index (χ2n) is 5.95. The van der Waals surface area contributed by atoms with E-state index in [9.17, 15) is 4.79 Å². The molecule has 1 saturated carbocycles. The van der Waals surface area contributed by atoms with Crippen molar-refractivity contribution < 1.29 is 19.0 Å². The zero-order chi connectivity index (χ0) is 14.5. The molecule has 1 aliphatic heterocycles. The van der Waals surface area contributed by atoms with Crippen molar-refractivity contribution in [1.82, 2.24) is 4.90 Å². The minimum absolute atomic E-state index is 0.147. The summed E-state index contributed by atoms with van der Waals surface area (Å²) in [4.78, 5) is 14.2. The van der Waals surface area contributed by atoms with E-state index in [-0.39, 0.29) is 24.2 Å². The van der Waals surface area contributed by atoms with Gasteiger partial charge in [0, 0.05) is 19.6 Å². The van der Waals surface area contributed by atoms with Gasteiger partial charge < -0.3 is 19.1 Å². The smallest absolute Gasteiger partial charge is 0.225 e. The average molecular weight is 285 g/mol. The van der Waals surface area contributed by atoms with Crippen LogP contribution in [0.15, 0.2) is 0 Å². The van der Waals surface area contributed by atoms with Gasteiger partial charge in [0.2, 0.25) is 5.91 Å². The molecule has 0 radical (unpaired) electrons. The van der Waals surface area contributed by atoms with Crippen LogP contribution in [-0.4, -0.2) is 62.5 Å². The van der Waals surface area contributed by atoms with Gasteiger partial charge in [-0.05, 0) is 26.7 Å². The number of ether oxygens (including phenoxy) is 3. The number of nitrogens with zero attached hydrogens (tertiary/aromatic N) is 1. The van der Waals surface area contributed by atoms with Crippen molar-refractivity contribution in [2.75, 3.05) is 33.5 Å². The summed E-state index contributed by atoms with van der Waals surface area (Å²) in [5, 5.41) is 0. The van der Waals surface area contributed by atoms with E-state index in [1.165, 1.54) is 0 Å². The first kappa shape index (κ1) is 15.7. The summed E-state index contributed by atoms with van der Waals surface area (Å²) in [5.74, 6) is 0.607. The number of methoxy groups -OCH3 is 1. The Morgan fingerprint density at radius 1 is 1.40 bits per heavy atom. The highest BCUT2D eigenvalue weighted by atomic mass is 16.5. The van der Waals surface area contributed by atoms with Crippen LogP contribution in [-0.2, 0) is 19.0 Å². The van der Waals surface area contributed by atoms with Gasteiger partial charge in [-0.15, -0.1) is 0 Å². The molecule has 5 heteroatoms. The third-order valence-electron chi connectivity index (χ3n) is 4.20. The molecule has 0 unspecified atom stereocenters. The maximum absolute atomic E-state index is 12.2. The van der Waals surface area contributed by atoms with E-state index >= 15 is 0 Å². The fourth-order valence-corrected chi connectivity index (χ4v) is 3.20. The fourth-order valence-electron chi connectivity index (χ4n) is 3.20. The molecule has 1 amide bonds. The monoisotopic (exact) mass is 285 g/mol. The second-order valence-corrected chi connectivity index (χ2v) is 5.95. The molecule has 20 heavy (non-hydrogen) atoms. The lowest BCUT2D eigenvalue weighted by Gasteiger charge is -2.39. The van der Waals surface area contributed by atoms with Gasteiger partial charge in [-0.25, -0.2) is 0 Å². The Morgan fingerprint density at radius 2 is 2.20 bits per heavy atom. The van der Waals surface area contributed by atoms with E-state index in [4.69, 9.17) is 14.2 Å². The molecular formula is C15H27NO4. The molecule has 2 rings (SSSR count). The summed E-state index contributed by atoms with van der Waals surface area (Å²) in [6.45, 7) is 6.68. The quantitative estimate of drug-likeness (QED) is 0.741. The van der Waals surface area contributed by atoms with E-state index in [0.29, 0.717) is 32.1 Å². The summed E-state index contributed by atoms with van der Waals surface area (Å²) < 4.78 is 16.7. The fraction of sp³-hybridized carbons (Fsp3) is 0.933. The average Bonchev–Trinajstić information content (AvgIpc) is 2.85. The predicted octanol–water partition coefficient (Wildman–Crippen LogP) is 1.45. The number of morpholine rings is 1. The minimum Gasteiger partial charge on any atom is -0.384 e. The Kier molecular flexibility index (Phi) is 5.81. The first-order chi connectivity index (χ1) is 9.63. The summed E-state index contributed by atoms with van der Waals surface area (Å²) >= 11 is 0. The van der Waals surface area contributed by atoms with Gasteiger partial charge in [0.05, 0.1) is 44.5 Å². The zero-order valence-electron chi connectivity index (χ0n) is 12.8. The maximum atomic E-state index is 12.2. The standard InChI is InChI=1S/C15H27NO4/c1-11(2)20-10-12-4-5-13-15(12)19-9-7-16(13)14(17)6-8-18-3/h11-13,15H,4-10H2,1-3H3/t12-,13+,15+/m0/s1. The van der Waals surface area contributed by atoms with Crippen molar-refractivity contribution in [2.45, 2.75) is 51.4 Å². The van der Waals surface area contributed by atoms with Gasteiger partial charge in [-0.1, -0.05) is 0 Å². The highest BCUT2D eigenvalue weighted by Crippen LogP contribution is 2.35. The largest absolute Gasteiger partial charge is 0.384 e. The molecule has 0 aromatic rings. The number of hydrogen-bond acceptors (Lipinski definition) is 4. The number of hydrogen-bond donors (Lipinski definition) is 0. The summed E-state index contributed by atoms with van der Waals surface area (Å²) in [5.41, 5.74) is 0. The van der Waals surface area contributed by atoms with Crippen molar-refractivity contribution in [3.8, 4) is 0 Å². The van der Waals surface area contributed by atoms with Gasteiger partial charge in [0.15, 0.2) is 0 Å². The lowest BCUT2D eigenvalue weighted by atomic mass is 10.0. The van der Waals surface area contributed by atoms with E-state index in [1.807, 2.05) is 4.90 Å². The van der Waals surface area contributed by atoms with Crippen molar-refractivity contribution in [3.63, 3.8) is 0 Å². The maximum Gasteiger partial charge on any atom is 0.225 e. The molecule has 2 aliphatic rings. The van der Waals surface area contributed by atoms with Crippen molar-refractivity contribution >= 4 is 5.91 Å². The Morgan fingerprint density at radius 3 is 2.90 bits per heavy atom. The molecule has 2 fully saturated rings. The molecule has 1 aliphatic carbocycles. The summed E-state index contributed by atoms with van der Waals surface area (Å²) in [7, 11) is 1.63. The van der Waals surface area contributed by atoms with Gasteiger partial charge in [0.1, 0.15) is 0 Å². The van der Waals surface area contributed by atoms with Crippen molar-refractivity contribution in [3.05, 3.63) is 0 Å². The number of carbonyl (C=O) groups is 1. The predicted molar refractivity (Wildman–Crippen MR) is 75.5 cm³/mol. The lowest BCUT2D eigenvalue weighted by Crippen LogP contribution is -2.53. The Bertz CT molecular complexity index is 321. The molecule has 0 bridgehead atoms. The van der Waals surface area contributed by atoms with E-state index in [1.54, 1.807) is 7.11 Å². The Hall–Kier alpha value is -0.650. The van der Waals surface area contributed by atoms with Crippen molar-refractivity contribution in [1.29, 1.82) is 0 Å². The third kappa shape index (κ3) is 3.71. The van der Waals surface area contributed by atoms with Crippen LogP contribution in [0.1, 0.15) is 33.1 Å². The molecule has 1 saturated heterocycles. The number of amides is 1. The van der Waals surface area contributed by atoms with Crippen molar-refractivity contribution in [2.24, 2.45) is 5.92 Å². The Labute approximate surface area is 121 Å². The first-order valence-electron chi connectivity index (χ1n) is 7.65. The number of carbonyl (C=O) groups excluding carboxylic acids is 1. The molecule has 0 spiro atoms. The molecular weight excluding hydrogens is 258 g/mol. The number of rotatable bonds is 6. The van der Waals surface area contributed by atoms with E-state index in [2.05, 4.69) is 13.8 Å². The first-order valence-corrected chi connectivity index (χ1v) is 7.65. The lowest BCUT2D eigenvalue weighted by molar-refractivity contribution is -0.148. The Balaban J connectivity index is 1.91. The second kappa shape index (κ2) is 7.38. The molecule has 0 aromatic carbocycles. The van der Waals surface area contributed by atoms with Crippen LogP contribution in [0, 0.1) is 5.92 Å². The van der Waals surface area contributed by atoms with E-state index < -0.39 is 0 Å².